The normalized spacial score (nSPS) is 10.6. The maximum atomic E-state index is 13.8. The highest BCUT2D eigenvalue weighted by molar-refractivity contribution is 7.99. The molecule has 24 heavy (non-hydrogen) atoms. The van der Waals surface area contributed by atoms with Gasteiger partial charge >= 0.3 is 0 Å². The standard InChI is InChI=1S/C17H14FN3O2S/c1-10(22)21-11-3-5-12(6-4-11)24-17-13-7-16(23-2)14(18)8-15(13)19-9-20-17/h3-9H,1-2H3,(H,21,22). The summed E-state index contributed by atoms with van der Waals surface area (Å²) in [5.41, 5.74) is 1.24. The zero-order chi connectivity index (χ0) is 17.1. The van der Waals surface area contributed by atoms with E-state index in [4.69, 9.17) is 4.74 Å². The molecule has 0 unspecified atom stereocenters. The first-order chi connectivity index (χ1) is 11.6. The van der Waals surface area contributed by atoms with Crippen LogP contribution in [0.25, 0.3) is 10.9 Å². The average Bonchev–Trinajstić information content (AvgIpc) is 2.56. The molecule has 1 N–H and O–H groups in total. The number of nitrogens with one attached hydrogen (secondary N) is 1. The number of ether oxygens (including phenoxy) is 1. The van der Waals surface area contributed by atoms with Crippen molar-refractivity contribution in [3.63, 3.8) is 0 Å². The van der Waals surface area contributed by atoms with Crippen molar-refractivity contribution in [2.75, 3.05) is 12.4 Å². The monoisotopic (exact) mass is 343 g/mol. The zero-order valence-electron chi connectivity index (χ0n) is 13.0. The maximum Gasteiger partial charge on any atom is 0.221 e. The SMILES string of the molecule is COc1cc2c(Sc3ccc(NC(C)=O)cc3)ncnc2cc1F. The first-order valence-electron chi connectivity index (χ1n) is 7.10. The number of anilines is 1. The minimum absolute atomic E-state index is 0.119. The van der Waals surface area contributed by atoms with E-state index in [1.54, 1.807) is 6.07 Å². The smallest absolute Gasteiger partial charge is 0.221 e. The molecule has 3 aromatic rings. The van der Waals surface area contributed by atoms with Gasteiger partial charge in [-0.15, -0.1) is 0 Å². The molecule has 1 aromatic heterocycles. The lowest BCUT2D eigenvalue weighted by molar-refractivity contribution is -0.114. The van der Waals surface area contributed by atoms with E-state index in [-0.39, 0.29) is 11.7 Å². The Morgan fingerprint density at radius 1 is 1.21 bits per heavy atom. The second kappa shape index (κ2) is 6.84. The topological polar surface area (TPSA) is 64.1 Å². The van der Waals surface area contributed by atoms with Crippen LogP contribution in [-0.4, -0.2) is 23.0 Å². The summed E-state index contributed by atoms with van der Waals surface area (Å²) >= 11 is 1.43. The number of nitrogens with zero attached hydrogens (tertiary/aromatic N) is 2. The molecule has 1 heterocycles. The first-order valence-corrected chi connectivity index (χ1v) is 7.92. The van der Waals surface area contributed by atoms with E-state index >= 15 is 0 Å². The minimum Gasteiger partial charge on any atom is -0.494 e. The predicted molar refractivity (Wildman–Crippen MR) is 90.9 cm³/mol. The van der Waals surface area contributed by atoms with Crippen LogP contribution in [0.5, 0.6) is 5.75 Å². The third-order valence-corrected chi connectivity index (χ3v) is 4.29. The van der Waals surface area contributed by atoms with Crippen LogP contribution in [-0.2, 0) is 4.79 Å². The number of methoxy groups -OCH3 is 1. The van der Waals surface area contributed by atoms with Gasteiger partial charge in [0.05, 0.1) is 12.6 Å². The van der Waals surface area contributed by atoms with E-state index in [0.717, 1.165) is 10.6 Å². The Hall–Kier alpha value is -2.67. The fraction of sp³-hybridized carbons (Fsp3) is 0.118. The Kier molecular flexibility index (Phi) is 4.61. The Morgan fingerprint density at radius 3 is 2.62 bits per heavy atom. The number of rotatable bonds is 4. The lowest BCUT2D eigenvalue weighted by atomic mass is 10.2. The van der Waals surface area contributed by atoms with Crippen molar-refractivity contribution >= 4 is 34.3 Å². The van der Waals surface area contributed by atoms with Gasteiger partial charge in [-0.05, 0) is 30.3 Å². The van der Waals surface area contributed by atoms with Crippen molar-refractivity contribution < 1.29 is 13.9 Å². The van der Waals surface area contributed by atoms with Crippen molar-refractivity contribution in [2.24, 2.45) is 0 Å². The Labute approximate surface area is 142 Å². The Morgan fingerprint density at radius 2 is 1.96 bits per heavy atom. The van der Waals surface area contributed by atoms with Gasteiger partial charge < -0.3 is 10.1 Å². The Bertz CT molecular complexity index is 900. The number of aromatic nitrogens is 2. The van der Waals surface area contributed by atoms with Crippen LogP contribution in [0.4, 0.5) is 10.1 Å². The summed E-state index contributed by atoms with van der Waals surface area (Å²) in [6.07, 6.45) is 1.41. The molecule has 2 aromatic carbocycles. The molecule has 0 spiro atoms. The van der Waals surface area contributed by atoms with Crippen molar-refractivity contribution in [3.8, 4) is 5.75 Å². The van der Waals surface area contributed by atoms with Gasteiger partial charge in [-0.2, -0.15) is 0 Å². The molecule has 0 radical (unpaired) electrons. The molecule has 1 amide bonds. The first kappa shape index (κ1) is 16.2. The maximum absolute atomic E-state index is 13.8. The molecule has 7 heteroatoms. The quantitative estimate of drug-likeness (QED) is 0.728. The van der Waals surface area contributed by atoms with Crippen LogP contribution in [0.2, 0.25) is 0 Å². The van der Waals surface area contributed by atoms with E-state index < -0.39 is 5.82 Å². The van der Waals surface area contributed by atoms with Gasteiger partial charge in [0, 0.05) is 29.0 Å². The lowest BCUT2D eigenvalue weighted by Gasteiger charge is -2.08. The summed E-state index contributed by atoms with van der Waals surface area (Å²) in [6, 6.07) is 10.3. The zero-order valence-corrected chi connectivity index (χ0v) is 13.9. The summed E-state index contributed by atoms with van der Waals surface area (Å²) < 4.78 is 18.8. The van der Waals surface area contributed by atoms with Gasteiger partial charge in [0.25, 0.3) is 0 Å². The molecule has 5 nitrogen and oxygen atoms in total. The van der Waals surface area contributed by atoms with Gasteiger partial charge in [0.2, 0.25) is 5.91 Å². The average molecular weight is 343 g/mol. The van der Waals surface area contributed by atoms with Crippen LogP contribution in [0, 0.1) is 5.82 Å². The van der Waals surface area contributed by atoms with Crippen LogP contribution in [0.1, 0.15) is 6.92 Å². The van der Waals surface area contributed by atoms with E-state index in [1.807, 2.05) is 24.3 Å². The van der Waals surface area contributed by atoms with Crippen LogP contribution >= 0.6 is 11.8 Å². The molecule has 0 aliphatic heterocycles. The van der Waals surface area contributed by atoms with Crippen molar-refractivity contribution in [3.05, 3.63) is 48.5 Å². The predicted octanol–water partition coefficient (Wildman–Crippen LogP) is 3.89. The third kappa shape index (κ3) is 3.46. The van der Waals surface area contributed by atoms with Crippen LogP contribution < -0.4 is 10.1 Å². The van der Waals surface area contributed by atoms with Crippen molar-refractivity contribution in [2.45, 2.75) is 16.8 Å². The molecule has 0 bridgehead atoms. The van der Waals surface area contributed by atoms with Gasteiger partial charge in [-0.25, -0.2) is 14.4 Å². The third-order valence-electron chi connectivity index (χ3n) is 3.26. The summed E-state index contributed by atoms with van der Waals surface area (Å²) in [5.74, 6) is -0.425. The molecule has 0 aliphatic carbocycles. The van der Waals surface area contributed by atoms with Gasteiger partial charge in [0.15, 0.2) is 11.6 Å². The summed E-state index contributed by atoms with van der Waals surface area (Å²) in [5, 5.41) is 4.13. The van der Waals surface area contributed by atoms with Gasteiger partial charge in [0.1, 0.15) is 11.4 Å². The summed E-state index contributed by atoms with van der Waals surface area (Å²) in [6.45, 7) is 1.46. The van der Waals surface area contributed by atoms with Crippen molar-refractivity contribution in [1.29, 1.82) is 0 Å². The number of carbonyl (C=O) groups is 1. The van der Waals surface area contributed by atoms with Crippen LogP contribution in [0.15, 0.2) is 52.6 Å². The molecule has 0 aliphatic rings. The number of carbonyl (C=O) groups excluding carboxylic acids is 1. The molecule has 0 atom stereocenters. The highest BCUT2D eigenvalue weighted by Gasteiger charge is 2.11. The fourth-order valence-corrected chi connectivity index (χ4v) is 3.06. The molecule has 3 rings (SSSR count). The van der Waals surface area contributed by atoms with E-state index in [2.05, 4.69) is 15.3 Å². The molecule has 122 valence electrons. The molecular formula is C17H14FN3O2S. The number of hydrogen-bond donors (Lipinski definition) is 1. The van der Waals surface area contributed by atoms with E-state index in [9.17, 15) is 9.18 Å². The van der Waals surface area contributed by atoms with Crippen LogP contribution in [0.3, 0.4) is 0 Å². The largest absolute Gasteiger partial charge is 0.494 e. The highest BCUT2D eigenvalue weighted by Crippen LogP contribution is 2.34. The minimum atomic E-state index is -0.459. The number of amides is 1. The lowest BCUT2D eigenvalue weighted by Crippen LogP contribution is -2.05. The summed E-state index contributed by atoms with van der Waals surface area (Å²) in [4.78, 5) is 20.4. The second-order valence-electron chi connectivity index (χ2n) is 4.99. The Balaban J connectivity index is 1.93. The highest BCUT2D eigenvalue weighted by atomic mass is 32.2. The number of benzene rings is 2. The number of halogens is 1. The van der Waals surface area contributed by atoms with E-state index in [1.165, 1.54) is 38.2 Å². The number of fused-ring (bicyclic) bond motifs is 1. The number of hydrogen-bond acceptors (Lipinski definition) is 5. The van der Waals surface area contributed by atoms with Crippen molar-refractivity contribution in [1.82, 2.24) is 9.97 Å². The van der Waals surface area contributed by atoms with Gasteiger partial charge in [-0.3, -0.25) is 4.79 Å². The molecule has 0 saturated carbocycles. The molecule has 0 saturated heterocycles. The van der Waals surface area contributed by atoms with E-state index in [0.29, 0.717) is 15.9 Å². The molecular weight excluding hydrogens is 329 g/mol. The molecule has 0 fully saturated rings. The second-order valence-corrected chi connectivity index (χ2v) is 6.05. The summed E-state index contributed by atoms with van der Waals surface area (Å²) in [7, 11) is 1.42. The fourth-order valence-electron chi connectivity index (χ4n) is 2.19. The van der Waals surface area contributed by atoms with Gasteiger partial charge in [-0.1, -0.05) is 11.8 Å².